The quantitative estimate of drug-likeness (QED) is 0.417. The lowest BCUT2D eigenvalue weighted by atomic mass is 9.88. The largest absolute Gasteiger partial charge is 0.451 e. The topological polar surface area (TPSA) is 97.4 Å². The van der Waals surface area contributed by atoms with Gasteiger partial charge < -0.3 is 15.5 Å². The normalized spacial score (nSPS) is 15.2. The lowest BCUT2D eigenvalue weighted by Gasteiger charge is -2.18. The first kappa shape index (κ1) is 21.7. The lowest BCUT2D eigenvalue weighted by molar-refractivity contribution is 0.0950. The smallest absolute Gasteiger partial charge is 0.293 e. The van der Waals surface area contributed by atoms with Gasteiger partial charge in [0.1, 0.15) is 10.8 Å². The van der Waals surface area contributed by atoms with Crippen LogP contribution in [0.25, 0.3) is 11.3 Å². The number of amides is 2. The molecule has 4 rings (SSSR count). The van der Waals surface area contributed by atoms with Crippen LogP contribution in [0, 0.1) is 5.92 Å². The fourth-order valence-electron chi connectivity index (χ4n) is 3.63. The number of benzene rings is 1. The third-order valence-electron chi connectivity index (χ3n) is 5.17. The van der Waals surface area contributed by atoms with Crippen molar-refractivity contribution >= 4 is 61.4 Å². The molecule has 9 heteroatoms. The molecule has 0 fully saturated rings. The standard InChI is InChI=1S/C22H20BrN3O3S2/c1-11-2-7-14-17(10-11)31-21(18(14)19(24)27)26-22(30)25-20(28)16-9-8-15(29-16)12-3-5-13(23)6-4-12/h3-6,8-9,11H,2,7,10H2,1H3,(H2,24,27)(H2,25,26,28,30)/t11-/m1/s1. The van der Waals surface area contributed by atoms with Gasteiger partial charge in [-0.1, -0.05) is 35.0 Å². The van der Waals surface area contributed by atoms with E-state index in [1.807, 2.05) is 24.3 Å². The van der Waals surface area contributed by atoms with Gasteiger partial charge in [-0.05, 0) is 67.2 Å². The Morgan fingerprint density at radius 3 is 2.68 bits per heavy atom. The number of carbonyl (C=O) groups is 2. The molecular weight excluding hydrogens is 498 g/mol. The van der Waals surface area contributed by atoms with Gasteiger partial charge in [0.15, 0.2) is 10.9 Å². The van der Waals surface area contributed by atoms with E-state index in [1.54, 1.807) is 12.1 Å². The van der Waals surface area contributed by atoms with Gasteiger partial charge in [-0.25, -0.2) is 0 Å². The highest BCUT2D eigenvalue weighted by molar-refractivity contribution is 9.10. The zero-order valence-electron chi connectivity index (χ0n) is 16.7. The van der Waals surface area contributed by atoms with Crippen LogP contribution in [0.1, 0.15) is 44.7 Å². The van der Waals surface area contributed by atoms with Crippen LogP contribution in [0.4, 0.5) is 5.00 Å². The number of furan rings is 1. The monoisotopic (exact) mass is 517 g/mol. The number of anilines is 1. The van der Waals surface area contributed by atoms with E-state index in [0.717, 1.165) is 39.7 Å². The molecule has 0 radical (unpaired) electrons. The van der Waals surface area contributed by atoms with Crippen LogP contribution in [0.15, 0.2) is 45.3 Å². The Hall–Kier alpha value is -2.49. The molecule has 2 amide bonds. The van der Waals surface area contributed by atoms with E-state index in [1.165, 1.54) is 11.3 Å². The van der Waals surface area contributed by atoms with Gasteiger partial charge in [0.2, 0.25) is 0 Å². The molecule has 31 heavy (non-hydrogen) atoms. The second-order valence-electron chi connectivity index (χ2n) is 7.50. The van der Waals surface area contributed by atoms with Gasteiger partial charge in [0.25, 0.3) is 11.8 Å². The Morgan fingerprint density at radius 2 is 1.97 bits per heavy atom. The van der Waals surface area contributed by atoms with Crippen molar-refractivity contribution in [3.63, 3.8) is 0 Å². The van der Waals surface area contributed by atoms with Crippen molar-refractivity contribution in [2.45, 2.75) is 26.2 Å². The molecular formula is C22H20BrN3O3S2. The van der Waals surface area contributed by atoms with Crippen molar-refractivity contribution < 1.29 is 14.0 Å². The summed E-state index contributed by atoms with van der Waals surface area (Å²) in [6, 6.07) is 10.9. The maximum absolute atomic E-state index is 12.6. The van der Waals surface area contributed by atoms with Gasteiger partial charge in [-0.2, -0.15) is 0 Å². The highest BCUT2D eigenvalue weighted by atomic mass is 79.9. The summed E-state index contributed by atoms with van der Waals surface area (Å²) in [5, 5.41) is 6.25. The molecule has 4 N–H and O–H groups in total. The number of hydrogen-bond donors (Lipinski definition) is 3. The Kier molecular flexibility index (Phi) is 6.27. The SMILES string of the molecule is C[C@@H]1CCc2c(sc(NC(=S)NC(=O)c3ccc(-c4ccc(Br)cc4)o3)c2C(N)=O)C1. The summed E-state index contributed by atoms with van der Waals surface area (Å²) in [5.74, 6) is 0.305. The highest BCUT2D eigenvalue weighted by Gasteiger charge is 2.27. The summed E-state index contributed by atoms with van der Waals surface area (Å²) >= 11 is 10.2. The molecule has 2 heterocycles. The molecule has 6 nitrogen and oxygen atoms in total. The van der Waals surface area contributed by atoms with Gasteiger partial charge in [0.05, 0.1) is 5.56 Å². The van der Waals surface area contributed by atoms with Crippen LogP contribution in [-0.2, 0) is 12.8 Å². The molecule has 0 aliphatic heterocycles. The number of nitrogens with two attached hydrogens (primary N) is 1. The summed E-state index contributed by atoms with van der Waals surface area (Å²) in [5.41, 5.74) is 7.96. The third kappa shape index (κ3) is 4.73. The van der Waals surface area contributed by atoms with Gasteiger partial charge in [0, 0.05) is 14.9 Å². The molecule has 0 spiro atoms. The van der Waals surface area contributed by atoms with Crippen molar-refractivity contribution in [1.82, 2.24) is 5.32 Å². The number of halogens is 1. The minimum absolute atomic E-state index is 0.0840. The number of thiocarbonyl (C=S) groups is 1. The predicted octanol–water partition coefficient (Wildman–Crippen LogP) is 5.12. The van der Waals surface area contributed by atoms with E-state index in [0.29, 0.717) is 22.2 Å². The number of nitrogens with one attached hydrogen (secondary N) is 2. The second-order valence-corrected chi connectivity index (χ2v) is 9.93. The van der Waals surface area contributed by atoms with Gasteiger partial charge in [-0.3, -0.25) is 14.9 Å². The first-order valence-corrected chi connectivity index (χ1v) is 11.8. The summed E-state index contributed by atoms with van der Waals surface area (Å²) in [6.07, 6.45) is 2.74. The fourth-order valence-corrected chi connectivity index (χ4v) is 5.57. The molecule has 0 unspecified atom stereocenters. The summed E-state index contributed by atoms with van der Waals surface area (Å²) in [6.45, 7) is 2.19. The number of hydrogen-bond acceptors (Lipinski definition) is 5. The first-order chi connectivity index (χ1) is 14.8. The van der Waals surface area contributed by atoms with Crippen LogP contribution in [-0.4, -0.2) is 16.9 Å². The zero-order valence-corrected chi connectivity index (χ0v) is 19.9. The molecule has 3 aromatic rings. The van der Waals surface area contributed by atoms with E-state index in [-0.39, 0.29) is 10.9 Å². The van der Waals surface area contributed by atoms with Crippen LogP contribution < -0.4 is 16.4 Å². The fraction of sp³-hybridized carbons (Fsp3) is 0.227. The molecule has 0 saturated heterocycles. The van der Waals surface area contributed by atoms with E-state index >= 15 is 0 Å². The van der Waals surface area contributed by atoms with E-state index in [2.05, 4.69) is 33.5 Å². The van der Waals surface area contributed by atoms with E-state index in [9.17, 15) is 9.59 Å². The van der Waals surface area contributed by atoms with Crippen LogP contribution in [0.5, 0.6) is 0 Å². The van der Waals surface area contributed by atoms with Crippen molar-refractivity contribution in [1.29, 1.82) is 0 Å². The van der Waals surface area contributed by atoms with Crippen molar-refractivity contribution in [2.75, 3.05) is 5.32 Å². The Balaban J connectivity index is 1.46. The number of primary amides is 1. The van der Waals surface area contributed by atoms with Gasteiger partial charge >= 0.3 is 0 Å². The molecule has 1 aliphatic carbocycles. The Bertz CT molecular complexity index is 1170. The average molecular weight is 518 g/mol. The van der Waals surface area contributed by atoms with E-state index < -0.39 is 11.8 Å². The summed E-state index contributed by atoms with van der Waals surface area (Å²) < 4.78 is 6.63. The van der Waals surface area contributed by atoms with Crippen molar-refractivity contribution in [2.24, 2.45) is 11.7 Å². The Morgan fingerprint density at radius 1 is 1.23 bits per heavy atom. The average Bonchev–Trinajstić information content (AvgIpc) is 3.33. The zero-order chi connectivity index (χ0) is 22.1. The van der Waals surface area contributed by atoms with Crippen LogP contribution in [0.3, 0.4) is 0 Å². The summed E-state index contributed by atoms with van der Waals surface area (Å²) in [4.78, 5) is 25.8. The first-order valence-electron chi connectivity index (χ1n) is 9.74. The second kappa shape index (κ2) is 8.94. The van der Waals surface area contributed by atoms with Crippen LogP contribution in [0.2, 0.25) is 0 Å². The molecule has 2 aromatic heterocycles. The molecule has 0 saturated carbocycles. The minimum atomic E-state index is -0.492. The minimum Gasteiger partial charge on any atom is -0.451 e. The highest BCUT2D eigenvalue weighted by Crippen LogP contribution is 2.39. The number of rotatable bonds is 4. The Labute approximate surface area is 197 Å². The molecule has 1 aliphatic rings. The maximum atomic E-state index is 12.6. The summed E-state index contributed by atoms with van der Waals surface area (Å²) in [7, 11) is 0. The predicted molar refractivity (Wildman–Crippen MR) is 130 cm³/mol. The van der Waals surface area contributed by atoms with E-state index in [4.69, 9.17) is 22.4 Å². The van der Waals surface area contributed by atoms with Gasteiger partial charge in [-0.15, -0.1) is 11.3 Å². The lowest BCUT2D eigenvalue weighted by Crippen LogP contribution is -2.34. The third-order valence-corrected chi connectivity index (χ3v) is 7.07. The number of carbonyl (C=O) groups excluding carboxylic acids is 2. The van der Waals surface area contributed by atoms with Crippen LogP contribution >= 0.6 is 39.5 Å². The molecule has 160 valence electrons. The maximum Gasteiger partial charge on any atom is 0.293 e. The van der Waals surface area contributed by atoms with Crippen molar-refractivity contribution in [3.05, 3.63) is 62.6 Å². The molecule has 1 aromatic carbocycles. The molecule has 0 bridgehead atoms. The van der Waals surface area contributed by atoms with Crippen molar-refractivity contribution in [3.8, 4) is 11.3 Å². The molecule has 1 atom stereocenters. The number of fused-ring (bicyclic) bond motifs is 1. The number of thiophene rings is 1.